The van der Waals surface area contributed by atoms with Gasteiger partial charge in [0.2, 0.25) is 5.91 Å². The minimum Gasteiger partial charge on any atom is -0.390 e. The first kappa shape index (κ1) is 22.2. The second-order valence-corrected chi connectivity index (χ2v) is 10.3. The quantitative estimate of drug-likeness (QED) is 0.619. The predicted molar refractivity (Wildman–Crippen MR) is 110 cm³/mol. The summed E-state index contributed by atoms with van der Waals surface area (Å²) in [7, 11) is 0. The molecule has 0 aromatic heterocycles. The number of hydrogen-bond acceptors (Lipinski definition) is 6. The Morgan fingerprint density at radius 2 is 2.03 bits per heavy atom. The van der Waals surface area contributed by atoms with E-state index in [1.165, 1.54) is 11.0 Å². The highest BCUT2D eigenvalue weighted by molar-refractivity contribution is 6.06. The van der Waals surface area contributed by atoms with Gasteiger partial charge in [-0.2, -0.15) is 18.4 Å². The highest BCUT2D eigenvalue weighted by atomic mass is 19.4. The number of anilines is 1. The molecule has 0 radical (unpaired) electrons. The van der Waals surface area contributed by atoms with Gasteiger partial charge in [0, 0.05) is 18.5 Å². The molecule has 4 saturated heterocycles. The zero-order valence-corrected chi connectivity index (χ0v) is 18.7. The molecule has 1 aromatic carbocycles. The van der Waals surface area contributed by atoms with Crippen LogP contribution < -0.4 is 4.90 Å². The monoisotopic (exact) mass is 463 g/mol. The number of nitrogens with zero attached hydrogens (tertiary/aromatic N) is 3. The lowest BCUT2D eigenvalue weighted by Crippen LogP contribution is -2.55. The summed E-state index contributed by atoms with van der Waals surface area (Å²) in [4.78, 5) is 20.6. The van der Waals surface area contributed by atoms with Crippen LogP contribution in [0.25, 0.3) is 0 Å². The van der Waals surface area contributed by atoms with Crippen molar-refractivity contribution >= 4 is 17.3 Å². The molecular formula is C23H24F3N3O4. The van der Waals surface area contributed by atoms with Gasteiger partial charge in [-0.25, -0.2) is 0 Å². The number of rotatable bonds is 2. The van der Waals surface area contributed by atoms with Crippen LogP contribution in [0.3, 0.4) is 0 Å². The number of alkyl halides is 3. The topological polar surface area (TPSA) is 84.2 Å². The van der Waals surface area contributed by atoms with E-state index in [1.807, 2.05) is 27.7 Å². The third-order valence-corrected chi connectivity index (χ3v) is 6.94. The van der Waals surface area contributed by atoms with Crippen LogP contribution in [0.15, 0.2) is 23.4 Å². The molecule has 0 unspecified atom stereocenters. The van der Waals surface area contributed by atoms with Crippen molar-refractivity contribution in [2.24, 2.45) is 17.0 Å². The molecule has 4 heterocycles. The van der Waals surface area contributed by atoms with Gasteiger partial charge >= 0.3 is 6.18 Å². The number of halogens is 3. The lowest BCUT2D eigenvalue weighted by atomic mass is 9.65. The Hall–Kier alpha value is -2.64. The average Bonchev–Trinajstić information content (AvgIpc) is 3.28. The lowest BCUT2D eigenvalue weighted by molar-refractivity contribution is -0.138. The molecule has 4 aliphatic rings. The van der Waals surface area contributed by atoms with Crippen LogP contribution in [-0.2, 0) is 25.3 Å². The van der Waals surface area contributed by atoms with Gasteiger partial charge in [-0.3, -0.25) is 9.69 Å². The number of ether oxygens (including phenoxy) is 2. The largest absolute Gasteiger partial charge is 0.417 e. The van der Waals surface area contributed by atoms with Crippen LogP contribution >= 0.6 is 0 Å². The Labute approximate surface area is 189 Å². The number of carbonyl (C=O) groups is 1. The summed E-state index contributed by atoms with van der Waals surface area (Å²) in [6, 6.07) is 4.88. The second-order valence-electron chi connectivity index (χ2n) is 10.3. The van der Waals surface area contributed by atoms with Gasteiger partial charge in [0.25, 0.3) is 0 Å². The SMILES string of the molecule is CC(C)(C)ON=C1C[C@@]2(C)O[C@@]13CCO[C@H]1[C@@H]3[C@@H]2C(=O)N1c1ccc(C#N)c(C(F)(F)F)c1. The van der Waals surface area contributed by atoms with Gasteiger partial charge in [0.1, 0.15) is 17.4 Å². The summed E-state index contributed by atoms with van der Waals surface area (Å²) in [6.45, 7) is 7.73. The van der Waals surface area contributed by atoms with E-state index < -0.39 is 52.2 Å². The molecule has 0 N–H and O–H groups in total. The highest BCUT2D eigenvalue weighted by Gasteiger charge is 2.77. The first-order valence-corrected chi connectivity index (χ1v) is 10.8. The van der Waals surface area contributed by atoms with Crippen molar-refractivity contribution in [3.8, 4) is 6.07 Å². The molecular weight excluding hydrogens is 439 g/mol. The van der Waals surface area contributed by atoms with E-state index in [-0.39, 0.29) is 18.2 Å². The van der Waals surface area contributed by atoms with Gasteiger partial charge in [-0.05, 0) is 45.9 Å². The number of fused-ring (bicyclic) bond motifs is 2. The van der Waals surface area contributed by atoms with Crippen molar-refractivity contribution in [2.75, 3.05) is 11.5 Å². The molecule has 2 bridgehead atoms. The van der Waals surface area contributed by atoms with Crippen LogP contribution in [0, 0.1) is 23.2 Å². The van der Waals surface area contributed by atoms with E-state index in [4.69, 9.17) is 19.6 Å². The molecule has 1 amide bonds. The number of nitriles is 1. The fourth-order valence-corrected chi connectivity index (χ4v) is 5.78. The van der Waals surface area contributed by atoms with E-state index >= 15 is 0 Å². The van der Waals surface area contributed by atoms with Crippen LogP contribution in [0.1, 0.15) is 51.7 Å². The summed E-state index contributed by atoms with van der Waals surface area (Å²) in [5, 5.41) is 13.5. The van der Waals surface area contributed by atoms with Gasteiger partial charge in [0.05, 0.1) is 47.0 Å². The molecule has 4 aliphatic heterocycles. The van der Waals surface area contributed by atoms with Gasteiger partial charge in [0.15, 0.2) is 0 Å². The molecule has 5 atom stereocenters. The normalized spacial score (nSPS) is 36.3. The van der Waals surface area contributed by atoms with E-state index in [0.29, 0.717) is 18.6 Å². The van der Waals surface area contributed by atoms with Crippen LogP contribution in [-0.4, -0.2) is 41.3 Å². The van der Waals surface area contributed by atoms with Crippen molar-refractivity contribution in [3.63, 3.8) is 0 Å². The Morgan fingerprint density at radius 3 is 2.67 bits per heavy atom. The van der Waals surface area contributed by atoms with Crippen LogP contribution in [0.5, 0.6) is 0 Å². The zero-order valence-electron chi connectivity index (χ0n) is 18.7. The van der Waals surface area contributed by atoms with E-state index in [1.54, 1.807) is 6.07 Å². The maximum Gasteiger partial charge on any atom is 0.417 e. The van der Waals surface area contributed by atoms with Crippen molar-refractivity contribution < 1.29 is 32.3 Å². The van der Waals surface area contributed by atoms with Crippen molar-refractivity contribution in [1.29, 1.82) is 5.26 Å². The second kappa shape index (κ2) is 6.70. The lowest BCUT2D eigenvalue weighted by Gasteiger charge is -2.42. The van der Waals surface area contributed by atoms with Crippen LogP contribution in [0.2, 0.25) is 0 Å². The Kier molecular flexibility index (Phi) is 4.50. The van der Waals surface area contributed by atoms with E-state index in [0.717, 1.165) is 12.1 Å². The smallest absolute Gasteiger partial charge is 0.390 e. The first-order valence-electron chi connectivity index (χ1n) is 10.8. The molecule has 176 valence electrons. The first-order chi connectivity index (χ1) is 15.3. The molecule has 0 saturated carbocycles. The summed E-state index contributed by atoms with van der Waals surface area (Å²) < 4.78 is 53.2. The Balaban J connectivity index is 1.58. The molecule has 1 spiro atoms. The van der Waals surface area contributed by atoms with E-state index in [2.05, 4.69) is 5.16 Å². The maximum absolute atomic E-state index is 13.6. The van der Waals surface area contributed by atoms with Crippen LogP contribution in [0.4, 0.5) is 18.9 Å². The molecule has 1 aromatic rings. The number of amides is 1. The predicted octanol–water partition coefficient (Wildman–Crippen LogP) is 4.00. The Morgan fingerprint density at radius 1 is 1.30 bits per heavy atom. The third-order valence-electron chi connectivity index (χ3n) is 6.94. The summed E-state index contributed by atoms with van der Waals surface area (Å²) in [5.41, 5.74) is -3.05. The van der Waals surface area contributed by atoms with E-state index in [9.17, 15) is 18.0 Å². The van der Waals surface area contributed by atoms with Crippen molar-refractivity contribution in [3.05, 3.63) is 29.3 Å². The standard InChI is InChI=1S/C23H24F3N3O4/c1-20(2,3)33-28-15-10-21(4)16-17-19(31-8-7-22(15,17)32-21)29(18(16)30)13-6-5-12(11-27)14(9-13)23(24,25)26/h5-6,9,16-17,19H,7-8,10H2,1-4H3/t16-,17+,19+,21-,22+/m1/s1. The zero-order chi connectivity index (χ0) is 24.0. The maximum atomic E-state index is 13.6. The number of hydrogen-bond donors (Lipinski definition) is 0. The number of oxime groups is 1. The summed E-state index contributed by atoms with van der Waals surface area (Å²) in [5.74, 6) is -1.35. The molecule has 5 rings (SSSR count). The number of carbonyl (C=O) groups excluding carboxylic acids is 1. The fourth-order valence-electron chi connectivity index (χ4n) is 5.78. The number of benzene rings is 1. The highest BCUT2D eigenvalue weighted by Crippen LogP contribution is 2.64. The average molecular weight is 463 g/mol. The van der Waals surface area contributed by atoms with Crippen molar-refractivity contribution in [1.82, 2.24) is 0 Å². The van der Waals surface area contributed by atoms with Gasteiger partial charge < -0.3 is 14.3 Å². The minimum absolute atomic E-state index is 0.0511. The minimum atomic E-state index is -4.73. The third kappa shape index (κ3) is 3.09. The Bertz CT molecular complexity index is 1110. The van der Waals surface area contributed by atoms with Gasteiger partial charge in [-0.1, -0.05) is 5.16 Å². The molecule has 4 fully saturated rings. The molecule has 0 aliphatic carbocycles. The molecule has 33 heavy (non-hydrogen) atoms. The van der Waals surface area contributed by atoms with Crippen molar-refractivity contribution in [2.45, 2.75) is 69.7 Å². The fraction of sp³-hybridized carbons (Fsp3) is 0.609. The summed E-state index contributed by atoms with van der Waals surface area (Å²) in [6.07, 6.45) is -4.65. The molecule has 7 nitrogen and oxygen atoms in total. The summed E-state index contributed by atoms with van der Waals surface area (Å²) >= 11 is 0. The molecule has 10 heteroatoms. The van der Waals surface area contributed by atoms with Gasteiger partial charge in [-0.15, -0.1) is 0 Å².